The van der Waals surface area contributed by atoms with E-state index in [0.29, 0.717) is 33.2 Å². The van der Waals surface area contributed by atoms with Crippen molar-refractivity contribution in [3.8, 4) is 22.8 Å². The van der Waals surface area contributed by atoms with Gasteiger partial charge in [-0.05, 0) is 90.1 Å². The molecule has 0 aliphatic carbocycles. The Hall–Kier alpha value is -3.43. The van der Waals surface area contributed by atoms with E-state index in [4.69, 9.17) is 30.5 Å². The highest BCUT2D eigenvalue weighted by molar-refractivity contribution is 6.30. The Kier molecular flexibility index (Phi) is 11.0. The second-order valence-corrected chi connectivity index (χ2v) is 13.9. The Bertz CT molecular complexity index is 1460. The summed E-state index contributed by atoms with van der Waals surface area (Å²) in [7, 11) is 0. The molecule has 0 spiro atoms. The minimum atomic E-state index is -1.04. The van der Waals surface area contributed by atoms with E-state index in [-0.39, 0.29) is 30.6 Å². The van der Waals surface area contributed by atoms with Crippen molar-refractivity contribution in [1.29, 1.82) is 0 Å². The van der Waals surface area contributed by atoms with Gasteiger partial charge in [0.05, 0.1) is 17.4 Å². The van der Waals surface area contributed by atoms with Crippen molar-refractivity contribution in [3.63, 3.8) is 0 Å². The lowest BCUT2D eigenvalue weighted by Crippen LogP contribution is -2.39. The fourth-order valence-electron chi connectivity index (χ4n) is 5.19. The topological polar surface area (TPSA) is 83.0 Å². The summed E-state index contributed by atoms with van der Waals surface area (Å²) >= 11 is 5.92. The molecule has 1 aliphatic rings. The van der Waals surface area contributed by atoms with Gasteiger partial charge < -0.3 is 23.8 Å². The number of nitrogens with zero attached hydrogens (tertiary/aromatic N) is 3. The molecular formula is C35H45ClFN3O5. The number of hydrogen-bond acceptors (Lipinski definition) is 8. The number of ether oxygens (including phenoxy) is 4. The Morgan fingerprint density at radius 2 is 1.69 bits per heavy atom. The number of benzene rings is 1. The van der Waals surface area contributed by atoms with Gasteiger partial charge in [0.1, 0.15) is 19.0 Å². The lowest BCUT2D eigenvalue weighted by molar-refractivity contribution is -0.171. The maximum atomic E-state index is 15.5. The van der Waals surface area contributed by atoms with Crippen LogP contribution in [0.5, 0.6) is 11.6 Å². The molecule has 0 amide bonds. The molecule has 0 saturated carbocycles. The van der Waals surface area contributed by atoms with Gasteiger partial charge in [0.2, 0.25) is 0 Å². The second kappa shape index (κ2) is 14.3. The maximum absolute atomic E-state index is 15.5. The zero-order valence-corrected chi connectivity index (χ0v) is 28.3. The highest BCUT2D eigenvalue weighted by Crippen LogP contribution is 2.44. The van der Waals surface area contributed by atoms with Crippen molar-refractivity contribution in [2.24, 2.45) is 5.41 Å². The molecule has 3 heterocycles. The van der Waals surface area contributed by atoms with Crippen molar-refractivity contribution >= 4 is 23.3 Å². The molecule has 0 N–H and O–H groups in total. The first-order chi connectivity index (χ1) is 21.1. The third kappa shape index (κ3) is 9.30. The van der Waals surface area contributed by atoms with E-state index >= 15 is 4.39 Å². The smallest absolute Gasteiger partial charge is 0.340 e. The van der Waals surface area contributed by atoms with Crippen LogP contribution in [0.2, 0.25) is 5.02 Å². The van der Waals surface area contributed by atoms with E-state index in [0.717, 1.165) is 31.6 Å². The number of aryl methyl sites for hydroxylation is 1. The molecule has 0 bridgehead atoms. The van der Waals surface area contributed by atoms with E-state index in [1.807, 2.05) is 41.5 Å². The predicted octanol–water partition coefficient (Wildman–Crippen LogP) is 8.14. The average molecular weight is 642 g/mol. The number of aromatic nitrogens is 2. The average Bonchev–Trinajstić information content (AvgIpc) is 2.95. The van der Waals surface area contributed by atoms with E-state index in [1.54, 1.807) is 36.7 Å². The van der Waals surface area contributed by atoms with Crippen molar-refractivity contribution in [3.05, 3.63) is 64.8 Å². The number of hydrogen-bond donors (Lipinski definition) is 0. The molecule has 10 heteroatoms. The van der Waals surface area contributed by atoms with Gasteiger partial charge >= 0.3 is 5.97 Å². The van der Waals surface area contributed by atoms with Crippen LogP contribution in [0.15, 0.2) is 42.7 Å². The zero-order valence-electron chi connectivity index (χ0n) is 27.6. The molecule has 244 valence electrons. The zero-order chi connectivity index (χ0) is 32.9. The van der Waals surface area contributed by atoms with Crippen LogP contribution >= 0.6 is 11.6 Å². The quantitative estimate of drug-likeness (QED) is 0.153. The van der Waals surface area contributed by atoms with Gasteiger partial charge in [-0.3, -0.25) is 4.98 Å². The van der Waals surface area contributed by atoms with Gasteiger partial charge in [-0.25, -0.2) is 14.2 Å². The van der Waals surface area contributed by atoms with Gasteiger partial charge in [-0.1, -0.05) is 25.4 Å². The third-order valence-corrected chi connectivity index (χ3v) is 7.79. The molecule has 4 rings (SSSR count). The molecule has 1 fully saturated rings. The minimum absolute atomic E-state index is 0.0979. The Morgan fingerprint density at radius 1 is 1.04 bits per heavy atom. The fraction of sp³-hybridized carbons (Fsp3) is 0.514. The molecule has 8 nitrogen and oxygen atoms in total. The molecule has 1 aromatic carbocycles. The van der Waals surface area contributed by atoms with Gasteiger partial charge in [0, 0.05) is 52.9 Å². The molecule has 2 aromatic heterocycles. The summed E-state index contributed by atoms with van der Waals surface area (Å²) in [6, 6.07) is 8.35. The summed E-state index contributed by atoms with van der Waals surface area (Å²) in [4.78, 5) is 24.8. The lowest BCUT2D eigenvalue weighted by atomic mass is 9.82. The number of pyridine rings is 2. The summed E-state index contributed by atoms with van der Waals surface area (Å²) in [5.41, 5.74) is 2.72. The predicted molar refractivity (Wildman–Crippen MR) is 175 cm³/mol. The molecule has 45 heavy (non-hydrogen) atoms. The van der Waals surface area contributed by atoms with Gasteiger partial charge in [-0.2, -0.15) is 0 Å². The molecule has 1 saturated heterocycles. The van der Waals surface area contributed by atoms with E-state index in [1.165, 1.54) is 6.07 Å². The Labute approximate surface area is 271 Å². The molecule has 1 atom stereocenters. The van der Waals surface area contributed by atoms with E-state index in [9.17, 15) is 4.79 Å². The van der Waals surface area contributed by atoms with Gasteiger partial charge in [-0.15, -0.1) is 0 Å². The summed E-state index contributed by atoms with van der Waals surface area (Å²) in [5.74, 6) is -0.605. The molecule has 1 aliphatic heterocycles. The largest absolute Gasteiger partial charge is 0.490 e. The highest BCUT2D eigenvalue weighted by atomic mass is 35.5. The van der Waals surface area contributed by atoms with Gasteiger partial charge in [0.25, 0.3) is 5.88 Å². The van der Waals surface area contributed by atoms with Crippen molar-refractivity contribution in [1.82, 2.24) is 9.97 Å². The number of esters is 1. The van der Waals surface area contributed by atoms with E-state index in [2.05, 4.69) is 28.7 Å². The summed E-state index contributed by atoms with van der Waals surface area (Å²) in [6.07, 6.45) is 3.82. The normalized spacial score (nSPS) is 15.6. The molecule has 0 radical (unpaired) electrons. The van der Waals surface area contributed by atoms with Crippen molar-refractivity contribution in [2.45, 2.75) is 86.0 Å². The number of carbonyl (C=O) groups is 1. The van der Waals surface area contributed by atoms with Crippen LogP contribution in [0, 0.1) is 18.2 Å². The minimum Gasteiger partial charge on any atom is -0.490 e. The number of halogens is 2. The first-order valence-electron chi connectivity index (χ1n) is 15.4. The number of rotatable bonds is 11. The third-order valence-electron chi connectivity index (χ3n) is 7.54. The monoisotopic (exact) mass is 641 g/mol. The first-order valence-corrected chi connectivity index (χ1v) is 15.8. The number of anilines is 1. The van der Waals surface area contributed by atoms with Crippen LogP contribution < -0.4 is 14.4 Å². The number of piperidine rings is 1. The standard InChI is InChI=1S/C35H45ClFN3O5/c1-22(2)44-33(41)31(45-34(4,5)6)29-23(3)38-21-27(30(29)40-15-13-35(7,8)14-16-40)24-19-28(37)32(39-20-24)43-18-17-42-26-11-9-25(36)10-12-26/h9-12,19-22,31H,13-18H2,1-8H3/t31-/m0/s1. The van der Waals surface area contributed by atoms with Crippen molar-refractivity contribution in [2.75, 3.05) is 31.2 Å². The van der Waals surface area contributed by atoms with Crippen LogP contribution in [-0.4, -0.2) is 53.9 Å². The molecule has 3 aromatic rings. The van der Waals surface area contributed by atoms with Gasteiger partial charge in [0.15, 0.2) is 11.9 Å². The fourth-order valence-corrected chi connectivity index (χ4v) is 5.32. The molecular weight excluding hydrogens is 597 g/mol. The Balaban J connectivity index is 1.70. The van der Waals surface area contributed by atoms with Crippen molar-refractivity contribution < 1.29 is 28.1 Å². The summed E-state index contributed by atoms with van der Waals surface area (Å²) in [5, 5.41) is 0.612. The van der Waals surface area contributed by atoms with Crippen LogP contribution in [0.1, 0.15) is 78.7 Å². The molecule has 0 unspecified atom stereocenters. The van der Waals surface area contributed by atoms with Crippen LogP contribution in [-0.2, 0) is 14.3 Å². The first kappa shape index (κ1) is 34.4. The number of carbonyl (C=O) groups excluding carboxylic acids is 1. The van der Waals surface area contributed by atoms with Crippen LogP contribution in [0.25, 0.3) is 11.1 Å². The van der Waals surface area contributed by atoms with Crippen LogP contribution in [0.4, 0.5) is 10.1 Å². The lowest BCUT2D eigenvalue weighted by Gasteiger charge is -2.41. The summed E-state index contributed by atoms with van der Waals surface area (Å²) in [6.45, 7) is 17.5. The second-order valence-electron chi connectivity index (χ2n) is 13.4. The maximum Gasteiger partial charge on any atom is 0.340 e. The Morgan fingerprint density at radius 3 is 2.29 bits per heavy atom. The van der Waals surface area contributed by atoms with E-state index < -0.39 is 23.5 Å². The SMILES string of the molecule is Cc1ncc(-c2cnc(OCCOc3ccc(Cl)cc3)c(F)c2)c(N2CCC(C)(C)CC2)c1[C@H](OC(C)(C)C)C(=O)OC(C)C. The highest BCUT2D eigenvalue weighted by Gasteiger charge is 2.37. The van der Waals surface area contributed by atoms with Crippen LogP contribution in [0.3, 0.4) is 0 Å². The summed E-state index contributed by atoms with van der Waals surface area (Å²) < 4.78 is 38.8.